The molecule has 1 heterocycles. The van der Waals surface area contributed by atoms with Gasteiger partial charge in [0.25, 0.3) is 0 Å². The lowest BCUT2D eigenvalue weighted by Crippen LogP contribution is -1.87. The number of aromatic nitrogens is 1. The van der Waals surface area contributed by atoms with Crippen LogP contribution in [0.5, 0.6) is 0 Å². The molecule has 0 saturated carbocycles. The van der Waals surface area contributed by atoms with Crippen molar-refractivity contribution in [2.45, 2.75) is 13.3 Å². The van der Waals surface area contributed by atoms with Crippen LogP contribution >= 0.6 is 27.3 Å². The summed E-state index contributed by atoms with van der Waals surface area (Å²) in [5.74, 6) is 0. The summed E-state index contributed by atoms with van der Waals surface area (Å²) in [5.41, 5.74) is 4.82. The van der Waals surface area contributed by atoms with Gasteiger partial charge in [0.1, 0.15) is 0 Å². The molecule has 20 heavy (non-hydrogen) atoms. The third kappa shape index (κ3) is 3.17. The molecule has 0 N–H and O–H groups in total. The first kappa shape index (κ1) is 13.5. The van der Waals surface area contributed by atoms with Crippen LogP contribution in [0.15, 0.2) is 58.4 Å². The van der Waals surface area contributed by atoms with E-state index < -0.39 is 0 Å². The molecule has 1 aromatic heterocycles. The smallest absolute Gasteiger partial charge is 0.0976 e. The lowest BCUT2D eigenvalue weighted by atomic mass is 10.1. The number of nitrogens with zero attached hydrogens (tertiary/aromatic N) is 1. The summed E-state index contributed by atoms with van der Waals surface area (Å²) in [6, 6.07) is 16.9. The molecule has 3 rings (SSSR count). The lowest BCUT2D eigenvalue weighted by molar-refractivity contribution is 1.14. The molecule has 3 heteroatoms. The van der Waals surface area contributed by atoms with Crippen molar-refractivity contribution in [2.75, 3.05) is 0 Å². The maximum Gasteiger partial charge on any atom is 0.0976 e. The minimum absolute atomic E-state index is 0.902. The lowest BCUT2D eigenvalue weighted by Gasteiger charge is -1.99. The van der Waals surface area contributed by atoms with E-state index in [2.05, 4.69) is 64.6 Å². The van der Waals surface area contributed by atoms with Crippen LogP contribution in [0, 0.1) is 6.92 Å². The SMILES string of the molecule is Cc1ccc(Cc2nc(-c3cccc(Br)c3)cs2)cc1. The molecular formula is C17H14BrNS. The summed E-state index contributed by atoms with van der Waals surface area (Å²) < 4.78 is 1.09. The fourth-order valence-electron chi connectivity index (χ4n) is 2.05. The Hall–Kier alpha value is -1.45. The Kier molecular flexibility index (Phi) is 3.99. The largest absolute Gasteiger partial charge is 0.241 e. The minimum Gasteiger partial charge on any atom is -0.241 e. The average Bonchev–Trinajstić information content (AvgIpc) is 2.90. The topological polar surface area (TPSA) is 12.9 Å². The van der Waals surface area contributed by atoms with Crippen LogP contribution in [0.25, 0.3) is 11.3 Å². The first-order valence-corrected chi connectivity index (χ1v) is 8.14. The van der Waals surface area contributed by atoms with Gasteiger partial charge in [-0.2, -0.15) is 0 Å². The third-order valence-corrected chi connectivity index (χ3v) is 4.49. The van der Waals surface area contributed by atoms with Gasteiger partial charge in [0.05, 0.1) is 10.7 Å². The summed E-state index contributed by atoms with van der Waals surface area (Å²) in [5, 5.41) is 3.29. The highest BCUT2D eigenvalue weighted by Gasteiger charge is 2.05. The van der Waals surface area contributed by atoms with E-state index in [0.29, 0.717) is 0 Å². The second-order valence-corrected chi connectivity index (χ2v) is 6.66. The highest BCUT2D eigenvalue weighted by atomic mass is 79.9. The fraction of sp³-hybridized carbons (Fsp3) is 0.118. The average molecular weight is 344 g/mol. The molecule has 0 aliphatic heterocycles. The number of hydrogen-bond acceptors (Lipinski definition) is 2. The van der Waals surface area contributed by atoms with E-state index in [1.807, 2.05) is 12.1 Å². The van der Waals surface area contributed by atoms with E-state index in [1.165, 1.54) is 11.1 Å². The first-order valence-electron chi connectivity index (χ1n) is 6.46. The summed E-state index contributed by atoms with van der Waals surface area (Å²) in [7, 11) is 0. The number of hydrogen-bond donors (Lipinski definition) is 0. The predicted molar refractivity (Wildman–Crippen MR) is 89.2 cm³/mol. The Morgan fingerprint density at radius 1 is 1.10 bits per heavy atom. The van der Waals surface area contributed by atoms with Gasteiger partial charge < -0.3 is 0 Å². The van der Waals surface area contributed by atoms with Gasteiger partial charge in [0.15, 0.2) is 0 Å². The second-order valence-electron chi connectivity index (χ2n) is 4.80. The molecule has 0 fully saturated rings. The molecule has 2 aromatic carbocycles. The molecule has 100 valence electrons. The van der Waals surface area contributed by atoms with Crippen molar-refractivity contribution in [3.8, 4) is 11.3 Å². The summed E-state index contributed by atoms with van der Waals surface area (Å²) in [4.78, 5) is 4.74. The second kappa shape index (κ2) is 5.90. The quantitative estimate of drug-likeness (QED) is 0.614. The molecule has 0 unspecified atom stereocenters. The summed E-state index contributed by atoms with van der Waals surface area (Å²) >= 11 is 5.23. The molecule has 0 aliphatic rings. The zero-order valence-electron chi connectivity index (χ0n) is 11.1. The normalized spacial score (nSPS) is 10.7. The molecule has 3 aromatic rings. The molecular weight excluding hydrogens is 330 g/mol. The third-order valence-electron chi connectivity index (χ3n) is 3.15. The van der Waals surface area contributed by atoms with Gasteiger partial charge in [-0.15, -0.1) is 11.3 Å². The van der Waals surface area contributed by atoms with Gasteiger partial charge >= 0.3 is 0 Å². The van der Waals surface area contributed by atoms with Crippen LogP contribution < -0.4 is 0 Å². The van der Waals surface area contributed by atoms with E-state index in [1.54, 1.807) is 11.3 Å². The molecule has 0 aliphatic carbocycles. The fourth-order valence-corrected chi connectivity index (χ4v) is 3.29. The first-order chi connectivity index (χ1) is 9.70. The van der Waals surface area contributed by atoms with E-state index in [0.717, 1.165) is 27.2 Å². The van der Waals surface area contributed by atoms with Gasteiger partial charge in [0, 0.05) is 21.8 Å². The van der Waals surface area contributed by atoms with Crippen molar-refractivity contribution in [1.29, 1.82) is 0 Å². The van der Waals surface area contributed by atoms with Gasteiger partial charge in [-0.25, -0.2) is 4.98 Å². The summed E-state index contributed by atoms with van der Waals surface area (Å²) in [6.07, 6.45) is 0.902. The van der Waals surface area contributed by atoms with Crippen molar-refractivity contribution in [2.24, 2.45) is 0 Å². The number of halogens is 1. The van der Waals surface area contributed by atoms with Crippen LogP contribution in [-0.4, -0.2) is 4.98 Å². The van der Waals surface area contributed by atoms with Crippen molar-refractivity contribution in [3.05, 3.63) is 74.5 Å². The Morgan fingerprint density at radius 2 is 1.90 bits per heavy atom. The van der Waals surface area contributed by atoms with Gasteiger partial charge in [-0.3, -0.25) is 0 Å². The Balaban J connectivity index is 1.82. The highest BCUT2D eigenvalue weighted by Crippen LogP contribution is 2.25. The maximum absolute atomic E-state index is 4.74. The van der Waals surface area contributed by atoms with E-state index in [9.17, 15) is 0 Å². The highest BCUT2D eigenvalue weighted by molar-refractivity contribution is 9.10. The summed E-state index contributed by atoms with van der Waals surface area (Å²) in [6.45, 7) is 2.11. The Labute approximate surface area is 131 Å². The standard InChI is InChI=1S/C17H14BrNS/c1-12-5-7-13(8-6-12)9-17-19-16(11-20-17)14-3-2-4-15(18)10-14/h2-8,10-11H,9H2,1H3. The Morgan fingerprint density at radius 3 is 2.65 bits per heavy atom. The zero-order chi connectivity index (χ0) is 13.9. The minimum atomic E-state index is 0.902. The number of thiazole rings is 1. The van der Waals surface area contributed by atoms with Crippen LogP contribution in [0.1, 0.15) is 16.1 Å². The molecule has 0 saturated heterocycles. The molecule has 0 spiro atoms. The maximum atomic E-state index is 4.74. The van der Waals surface area contributed by atoms with Gasteiger partial charge in [-0.1, -0.05) is 57.9 Å². The van der Waals surface area contributed by atoms with Crippen molar-refractivity contribution in [3.63, 3.8) is 0 Å². The molecule has 0 amide bonds. The number of rotatable bonds is 3. The van der Waals surface area contributed by atoms with Gasteiger partial charge in [-0.05, 0) is 24.6 Å². The van der Waals surface area contributed by atoms with Gasteiger partial charge in [0.2, 0.25) is 0 Å². The Bertz CT molecular complexity index is 716. The van der Waals surface area contributed by atoms with Crippen LogP contribution in [0.4, 0.5) is 0 Å². The zero-order valence-corrected chi connectivity index (χ0v) is 13.5. The molecule has 1 nitrogen and oxygen atoms in total. The van der Waals surface area contributed by atoms with E-state index in [4.69, 9.17) is 4.98 Å². The van der Waals surface area contributed by atoms with Crippen LogP contribution in [0.3, 0.4) is 0 Å². The monoisotopic (exact) mass is 343 g/mol. The van der Waals surface area contributed by atoms with E-state index in [-0.39, 0.29) is 0 Å². The van der Waals surface area contributed by atoms with E-state index >= 15 is 0 Å². The van der Waals surface area contributed by atoms with Crippen molar-refractivity contribution < 1.29 is 0 Å². The molecule has 0 bridgehead atoms. The van der Waals surface area contributed by atoms with Crippen molar-refractivity contribution >= 4 is 27.3 Å². The van der Waals surface area contributed by atoms with Crippen LogP contribution in [0.2, 0.25) is 0 Å². The molecule has 0 radical (unpaired) electrons. The number of benzene rings is 2. The van der Waals surface area contributed by atoms with Crippen LogP contribution in [-0.2, 0) is 6.42 Å². The molecule has 0 atom stereocenters. The number of aryl methyl sites for hydroxylation is 1. The predicted octanol–water partition coefficient (Wildman–Crippen LogP) is 5.47. The van der Waals surface area contributed by atoms with Crippen molar-refractivity contribution in [1.82, 2.24) is 4.98 Å².